The Hall–Kier alpha value is 0.300. The van der Waals surface area contributed by atoms with Gasteiger partial charge in [-0.15, -0.1) is 11.6 Å². The lowest BCUT2D eigenvalue weighted by Gasteiger charge is -2.20. The van der Waals surface area contributed by atoms with E-state index in [4.69, 9.17) is 0 Å². The Kier molecular flexibility index (Phi) is 2.82. The lowest BCUT2D eigenvalue weighted by molar-refractivity contribution is -0.144. The van der Waals surface area contributed by atoms with Crippen molar-refractivity contribution >= 4 is 23.2 Å². The molecule has 0 rings (SSSR count). The van der Waals surface area contributed by atoms with Gasteiger partial charge in [0.25, 0.3) is 0 Å². The Morgan fingerprint density at radius 2 is 1.50 bits per heavy atom. The largest absolute Gasteiger partial charge is 0.409 e. The molecule has 6 heteroatoms. The Morgan fingerprint density at radius 3 is 1.50 bits per heavy atom. The van der Waals surface area contributed by atoms with Gasteiger partial charge in [0.2, 0.25) is 5.13 Å². The van der Waals surface area contributed by atoms with Crippen LogP contribution in [0, 0.1) is 0 Å². The monoisotopic (exact) mass is 198 g/mol. The maximum absolute atomic E-state index is 12.2. The first kappa shape index (κ1) is 10.3. The zero-order valence-corrected chi connectivity index (χ0v) is 6.36. The van der Waals surface area contributed by atoms with Crippen LogP contribution in [0.3, 0.4) is 0 Å². The number of hydrogen-bond donors (Lipinski definition) is 0. The zero-order chi connectivity index (χ0) is 8.58. The molecular formula is C4H4Cl2F4. The van der Waals surface area contributed by atoms with Crippen LogP contribution >= 0.6 is 23.2 Å². The number of alkyl halides is 6. The van der Waals surface area contributed by atoms with Crippen molar-refractivity contribution in [1.29, 1.82) is 0 Å². The van der Waals surface area contributed by atoms with Crippen molar-refractivity contribution in [1.82, 2.24) is 0 Å². The van der Waals surface area contributed by atoms with Gasteiger partial charge in [-0.2, -0.15) is 13.2 Å². The third kappa shape index (κ3) is 2.92. The van der Waals surface area contributed by atoms with Gasteiger partial charge in [0.15, 0.2) is 5.38 Å². The summed E-state index contributed by atoms with van der Waals surface area (Å²) in [6.45, 7) is 0.555. The second-order valence-corrected chi connectivity index (χ2v) is 3.04. The summed E-state index contributed by atoms with van der Waals surface area (Å²) in [5.41, 5.74) is 0. The summed E-state index contributed by atoms with van der Waals surface area (Å²) < 4.78 is 46.7. The first-order valence-corrected chi connectivity index (χ1v) is 3.05. The Labute approximate surface area is 65.1 Å². The van der Waals surface area contributed by atoms with Crippen molar-refractivity contribution < 1.29 is 17.6 Å². The van der Waals surface area contributed by atoms with E-state index < -0.39 is 16.7 Å². The summed E-state index contributed by atoms with van der Waals surface area (Å²) >= 11 is 9.25. The molecule has 0 unspecified atom stereocenters. The molecule has 0 heterocycles. The molecule has 0 aliphatic heterocycles. The van der Waals surface area contributed by atoms with E-state index in [1.165, 1.54) is 0 Å². The summed E-state index contributed by atoms with van der Waals surface area (Å²) in [6, 6.07) is 0. The molecule has 0 aromatic carbocycles. The highest BCUT2D eigenvalue weighted by molar-refractivity contribution is 6.31. The summed E-state index contributed by atoms with van der Waals surface area (Å²) in [7, 11) is 0. The molecule has 10 heavy (non-hydrogen) atoms. The normalized spacial score (nSPS) is 21.9. The molecule has 62 valence electrons. The second kappa shape index (κ2) is 2.74. The van der Waals surface area contributed by atoms with E-state index in [2.05, 4.69) is 23.2 Å². The minimum atomic E-state index is -4.80. The van der Waals surface area contributed by atoms with Crippen molar-refractivity contribution in [2.24, 2.45) is 0 Å². The van der Waals surface area contributed by atoms with Gasteiger partial charge in [-0.1, -0.05) is 11.6 Å². The van der Waals surface area contributed by atoms with Gasteiger partial charge in [0, 0.05) is 0 Å². The molecule has 2 atom stereocenters. The molecule has 0 radical (unpaired) electrons. The van der Waals surface area contributed by atoms with Crippen molar-refractivity contribution in [3.05, 3.63) is 0 Å². The van der Waals surface area contributed by atoms with E-state index in [9.17, 15) is 17.6 Å². The van der Waals surface area contributed by atoms with Crippen LogP contribution in [0.4, 0.5) is 17.6 Å². The maximum Gasteiger partial charge on any atom is 0.409 e. The standard InChI is InChI=1S/C4H4Cl2F4/c1-3(6,7)2(5)4(8,9)10/h2H,1H3/t2-,3-/m0/s1. The molecule has 0 N–H and O–H groups in total. The van der Waals surface area contributed by atoms with Crippen LogP contribution in [0.25, 0.3) is 0 Å². The fourth-order valence-corrected chi connectivity index (χ4v) is 0.411. The average molecular weight is 199 g/mol. The SMILES string of the molecule is C[C@@](F)(Cl)[C@H](Cl)C(F)(F)F. The predicted molar refractivity (Wildman–Crippen MR) is 31.1 cm³/mol. The van der Waals surface area contributed by atoms with Gasteiger partial charge in [0.05, 0.1) is 0 Å². The molecule has 0 fully saturated rings. The first-order valence-electron chi connectivity index (χ1n) is 2.24. The minimum Gasteiger partial charge on any atom is -0.225 e. The summed E-state index contributed by atoms with van der Waals surface area (Å²) in [4.78, 5) is 0. The van der Waals surface area contributed by atoms with E-state index in [1.807, 2.05) is 0 Å². The highest BCUT2D eigenvalue weighted by atomic mass is 35.5. The van der Waals surface area contributed by atoms with Gasteiger partial charge < -0.3 is 0 Å². The molecular weight excluding hydrogens is 195 g/mol. The highest BCUT2D eigenvalue weighted by Gasteiger charge is 2.50. The molecule has 0 spiro atoms. The molecule has 0 amide bonds. The highest BCUT2D eigenvalue weighted by Crippen LogP contribution is 2.37. The third-order valence-electron chi connectivity index (χ3n) is 0.732. The molecule has 0 aliphatic carbocycles. The van der Waals surface area contributed by atoms with Gasteiger partial charge in [-0.05, 0) is 6.92 Å². The summed E-state index contributed by atoms with van der Waals surface area (Å²) in [5, 5.41) is -5.61. The summed E-state index contributed by atoms with van der Waals surface area (Å²) in [6.07, 6.45) is -4.80. The van der Waals surface area contributed by atoms with Gasteiger partial charge in [0.1, 0.15) is 0 Å². The van der Waals surface area contributed by atoms with E-state index in [0.29, 0.717) is 6.92 Å². The summed E-state index contributed by atoms with van der Waals surface area (Å²) in [5.74, 6) is 0. The molecule has 0 aromatic heterocycles. The lowest BCUT2D eigenvalue weighted by Crippen LogP contribution is -2.37. The molecule has 0 bridgehead atoms. The van der Waals surface area contributed by atoms with E-state index in [1.54, 1.807) is 0 Å². The number of hydrogen-bond acceptors (Lipinski definition) is 0. The van der Waals surface area contributed by atoms with Gasteiger partial charge >= 0.3 is 6.18 Å². The van der Waals surface area contributed by atoms with Crippen LogP contribution in [0.2, 0.25) is 0 Å². The number of halogens is 6. The van der Waals surface area contributed by atoms with Crippen molar-refractivity contribution in [3.63, 3.8) is 0 Å². The molecule has 0 saturated carbocycles. The predicted octanol–water partition coefficient (Wildman–Crippen LogP) is 3.08. The smallest absolute Gasteiger partial charge is 0.225 e. The molecule has 0 aromatic rings. The van der Waals surface area contributed by atoms with E-state index >= 15 is 0 Å². The fourth-order valence-electron chi connectivity index (χ4n) is 0.287. The van der Waals surface area contributed by atoms with Crippen molar-refractivity contribution in [3.8, 4) is 0 Å². The van der Waals surface area contributed by atoms with Crippen LogP contribution in [-0.2, 0) is 0 Å². The molecule has 0 aliphatic rings. The average Bonchev–Trinajstić information content (AvgIpc) is 1.59. The third-order valence-corrected chi connectivity index (χ3v) is 1.72. The number of rotatable bonds is 1. The van der Waals surface area contributed by atoms with Crippen molar-refractivity contribution in [2.45, 2.75) is 23.6 Å². The van der Waals surface area contributed by atoms with Crippen molar-refractivity contribution in [2.75, 3.05) is 0 Å². The fraction of sp³-hybridized carbons (Fsp3) is 1.00. The Balaban J connectivity index is 4.23. The maximum atomic E-state index is 12.2. The Bertz CT molecular complexity index is 99.4. The van der Waals surface area contributed by atoms with Crippen LogP contribution in [0.5, 0.6) is 0 Å². The topological polar surface area (TPSA) is 0 Å². The van der Waals surface area contributed by atoms with Gasteiger partial charge in [-0.3, -0.25) is 0 Å². The van der Waals surface area contributed by atoms with Crippen LogP contribution < -0.4 is 0 Å². The van der Waals surface area contributed by atoms with Crippen LogP contribution in [0.1, 0.15) is 6.92 Å². The van der Waals surface area contributed by atoms with Crippen LogP contribution in [-0.4, -0.2) is 16.7 Å². The molecule has 0 saturated heterocycles. The zero-order valence-electron chi connectivity index (χ0n) is 4.85. The minimum absolute atomic E-state index is 0.555. The van der Waals surface area contributed by atoms with Gasteiger partial charge in [-0.25, -0.2) is 4.39 Å². The first-order chi connectivity index (χ1) is 4.15. The molecule has 0 nitrogen and oxygen atoms in total. The quantitative estimate of drug-likeness (QED) is 0.449. The van der Waals surface area contributed by atoms with Crippen LogP contribution in [0.15, 0.2) is 0 Å². The Morgan fingerprint density at radius 1 is 1.20 bits per heavy atom. The lowest BCUT2D eigenvalue weighted by atomic mass is 10.3. The van der Waals surface area contributed by atoms with E-state index in [0.717, 1.165) is 0 Å². The van der Waals surface area contributed by atoms with E-state index in [-0.39, 0.29) is 0 Å². The second-order valence-electron chi connectivity index (χ2n) is 1.86.